The maximum atomic E-state index is 12.0. The third-order valence-corrected chi connectivity index (χ3v) is 2.76. The van der Waals surface area contributed by atoms with E-state index in [1.807, 2.05) is 46.3 Å². The fourth-order valence-electron chi connectivity index (χ4n) is 1.76. The van der Waals surface area contributed by atoms with Crippen molar-refractivity contribution in [3.63, 3.8) is 0 Å². The van der Waals surface area contributed by atoms with E-state index in [1.165, 1.54) is 0 Å². The first-order valence-electron chi connectivity index (χ1n) is 6.26. The fraction of sp³-hybridized carbons (Fsp3) is 0.500. The van der Waals surface area contributed by atoms with Crippen LogP contribution < -0.4 is 10.6 Å². The summed E-state index contributed by atoms with van der Waals surface area (Å²) in [4.78, 5) is 14.1. The van der Waals surface area contributed by atoms with E-state index in [0.717, 1.165) is 24.2 Å². The Bertz CT molecular complexity index is 402. The van der Waals surface area contributed by atoms with Gasteiger partial charge < -0.3 is 15.5 Å². The Balaban J connectivity index is 2.56. The summed E-state index contributed by atoms with van der Waals surface area (Å²) < 4.78 is 0. The van der Waals surface area contributed by atoms with Gasteiger partial charge in [0, 0.05) is 19.3 Å². The number of benzene rings is 1. The Morgan fingerprint density at radius 3 is 2.67 bits per heavy atom. The van der Waals surface area contributed by atoms with Gasteiger partial charge in [-0.05, 0) is 51.7 Å². The quantitative estimate of drug-likeness (QED) is 0.755. The van der Waals surface area contributed by atoms with Crippen LogP contribution >= 0.6 is 0 Å². The van der Waals surface area contributed by atoms with Crippen LogP contribution in [0.5, 0.6) is 0 Å². The van der Waals surface area contributed by atoms with Crippen LogP contribution in [0.3, 0.4) is 0 Å². The molecule has 1 rings (SSSR count). The zero-order valence-corrected chi connectivity index (χ0v) is 11.7. The van der Waals surface area contributed by atoms with Gasteiger partial charge in [0.05, 0.1) is 5.56 Å². The van der Waals surface area contributed by atoms with Gasteiger partial charge in [-0.15, -0.1) is 0 Å². The lowest BCUT2D eigenvalue weighted by Gasteiger charge is -2.12. The third kappa shape index (κ3) is 4.37. The Morgan fingerprint density at radius 1 is 1.33 bits per heavy atom. The Labute approximate surface area is 109 Å². The van der Waals surface area contributed by atoms with Crippen molar-refractivity contribution < 1.29 is 4.79 Å². The van der Waals surface area contributed by atoms with Gasteiger partial charge in [0.15, 0.2) is 0 Å². The van der Waals surface area contributed by atoms with Crippen LogP contribution in [0.2, 0.25) is 0 Å². The van der Waals surface area contributed by atoms with Crippen LogP contribution in [0.4, 0.5) is 5.69 Å². The standard InChI is InChI=1S/C14H23N3O/c1-11-6-7-12(13(10-11)15-2)14(18)16-8-5-9-17(3)4/h6-7,10,15H,5,8-9H2,1-4H3,(H,16,18). The van der Waals surface area contributed by atoms with Gasteiger partial charge >= 0.3 is 0 Å². The molecule has 0 bridgehead atoms. The molecule has 2 N–H and O–H groups in total. The number of nitrogens with one attached hydrogen (secondary N) is 2. The van der Waals surface area contributed by atoms with E-state index in [-0.39, 0.29) is 5.91 Å². The second-order valence-corrected chi connectivity index (χ2v) is 4.71. The highest BCUT2D eigenvalue weighted by molar-refractivity contribution is 5.99. The van der Waals surface area contributed by atoms with Crippen molar-refractivity contribution in [2.24, 2.45) is 0 Å². The van der Waals surface area contributed by atoms with Gasteiger partial charge in [-0.25, -0.2) is 0 Å². The van der Waals surface area contributed by atoms with E-state index in [1.54, 1.807) is 0 Å². The molecule has 0 heterocycles. The van der Waals surface area contributed by atoms with Crippen LogP contribution in [-0.4, -0.2) is 45.0 Å². The fourth-order valence-corrected chi connectivity index (χ4v) is 1.76. The molecule has 1 amide bonds. The first-order chi connectivity index (χ1) is 8.54. The Kier molecular flexibility index (Phi) is 5.65. The highest BCUT2D eigenvalue weighted by Gasteiger charge is 2.09. The molecule has 4 heteroatoms. The van der Waals surface area contributed by atoms with Gasteiger partial charge in [-0.3, -0.25) is 4.79 Å². The Morgan fingerprint density at radius 2 is 2.06 bits per heavy atom. The lowest BCUT2D eigenvalue weighted by Crippen LogP contribution is -2.27. The summed E-state index contributed by atoms with van der Waals surface area (Å²) in [5.41, 5.74) is 2.72. The molecule has 18 heavy (non-hydrogen) atoms. The van der Waals surface area contributed by atoms with E-state index in [9.17, 15) is 4.79 Å². The number of rotatable bonds is 6. The molecule has 1 aromatic rings. The van der Waals surface area contributed by atoms with Crippen LogP contribution in [0.1, 0.15) is 22.3 Å². The molecule has 0 aliphatic carbocycles. The summed E-state index contributed by atoms with van der Waals surface area (Å²) in [7, 11) is 5.89. The number of carbonyl (C=O) groups excluding carboxylic acids is 1. The maximum Gasteiger partial charge on any atom is 0.253 e. The molecule has 4 nitrogen and oxygen atoms in total. The highest BCUT2D eigenvalue weighted by Crippen LogP contribution is 2.16. The van der Waals surface area contributed by atoms with Gasteiger partial charge in [0.1, 0.15) is 0 Å². The van der Waals surface area contributed by atoms with E-state index in [2.05, 4.69) is 15.5 Å². The van der Waals surface area contributed by atoms with Crippen molar-refractivity contribution in [1.29, 1.82) is 0 Å². The molecule has 0 saturated heterocycles. The lowest BCUT2D eigenvalue weighted by molar-refractivity contribution is 0.0953. The van der Waals surface area contributed by atoms with E-state index >= 15 is 0 Å². The van der Waals surface area contributed by atoms with Crippen LogP contribution in [0, 0.1) is 6.92 Å². The number of carbonyl (C=O) groups is 1. The molecule has 0 aliphatic heterocycles. The molecule has 0 atom stereocenters. The molecule has 0 aromatic heterocycles. The molecule has 100 valence electrons. The number of hydrogen-bond acceptors (Lipinski definition) is 3. The van der Waals surface area contributed by atoms with Gasteiger partial charge in [0.2, 0.25) is 0 Å². The summed E-state index contributed by atoms with van der Waals surface area (Å²) >= 11 is 0. The lowest BCUT2D eigenvalue weighted by atomic mass is 10.1. The van der Waals surface area contributed by atoms with Crippen LogP contribution in [0.25, 0.3) is 0 Å². The molecule has 0 unspecified atom stereocenters. The van der Waals surface area contributed by atoms with Crippen LogP contribution in [-0.2, 0) is 0 Å². The van der Waals surface area contributed by atoms with Crippen LogP contribution in [0.15, 0.2) is 18.2 Å². The average Bonchev–Trinajstić information content (AvgIpc) is 2.33. The number of nitrogens with zero attached hydrogens (tertiary/aromatic N) is 1. The molecule has 0 saturated carbocycles. The molecule has 0 spiro atoms. The SMILES string of the molecule is CNc1cc(C)ccc1C(=O)NCCCN(C)C. The monoisotopic (exact) mass is 249 g/mol. The predicted molar refractivity (Wildman–Crippen MR) is 76.2 cm³/mol. The third-order valence-electron chi connectivity index (χ3n) is 2.76. The van der Waals surface area contributed by atoms with Crippen molar-refractivity contribution in [3.05, 3.63) is 29.3 Å². The van der Waals surface area contributed by atoms with Crippen molar-refractivity contribution in [1.82, 2.24) is 10.2 Å². The Hall–Kier alpha value is -1.55. The number of anilines is 1. The highest BCUT2D eigenvalue weighted by atomic mass is 16.1. The smallest absolute Gasteiger partial charge is 0.253 e. The maximum absolute atomic E-state index is 12.0. The molecular weight excluding hydrogens is 226 g/mol. The van der Waals surface area contributed by atoms with E-state index < -0.39 is 0 Å². The van der Waals surface area contributed by atoms with Crippen molar-refractivity contribution in [2.45, 2.75) is 13.3 Å². The zero-order valence-electron chi connectivity index (χ0n) is 11.7. The summed E-state index contributed by atoms with van der Waals surface area (Å²) in [5.74, 6) is -0.0156. The topological polar surface area (TPSA) is 44.4 Å². The normalized spacial score (nSPS) is 10.5. The second-order valence-electron chi connectivity index (χ2n) is 4.71. The number of amides is 1. The van der Waals surface area contributed by atoms with Gasteiger partial charge in [0.25, 0.3) is 5.91 Å². The minimum Gasteiger partial charge on any atom is -0.387 e. The van der Waals surface area contributed by atoms with E-state index in [0.29, 0.717) is 12.1 Å². The second kappa shape index (κ2) is 7.01. The largest absolute Gasteiger partial charge is 0.387 e. The molecule has 0 aliphatic rings. The minimum atomic E-state index is -0.0156. The van der Waals surface area contributed by atoms with E-state index in [4.69, 9.17) is 0 Å². The summed E-state index contributed by atoms with van der Waals surface area (Å²) in [5, 5.41) is 6.00. The number of hydrogen-bond donors (Lipinski definition) is 2. The molecule has 0 fully saturated rings. The molecule has 1 aromatic carbocycles. The first-order valence-corrected chi connectivity index (χ1v) is 6.26. The number of aryl methyl sites for hydroxylation is 1. The molecular formula is C14H23N3O. The predicted octanol–water partition coefficient (Wildman–Crippen LogP) is 1.72. The molecule has 0 radical (unpaired) electrons. The van der Waals surface area contributed by atoms with Gasteiger partial charge in [-0.2, -0.15) is 0 Å². The minimum absolute atomic E-state index is 0.0156. The summed E-state index contributed by atoms with van der Waals surface area (Å²) in [6.07, 6.45) is 0.958. The summed E-state index contributed by atoms with van der Waals surface area (Å²) in [6.45, 7) is 3.70. The zero-order chi connectivity index (χ0) is 13.5. The van der Waals surface area contributed by atoms with Gasteiger partial charge in [-0.1, -0.05) is 6.07 Å². The average molecular weight is 249 g/mol. The summed E-state index contributed by atoms with van der Waals surface area (Å²) in [6, 6.07) is 5.80. The van der Waals surface area contributed by atoms with Crippen molar-refractivity contribution in [2.75, 3.05) is 39.5 Å². The van der Waals surface area contributed by atoms with Crippen molar-refractivity contribution >= 4 is 11.6 Å². The van der Waals surface area contributed by atoms with Crippen molar-refractivity contribution in [3.8, 4) is 0 Å². The first kappa shape index (κ1) is 14.5.